The first-order valence-electron chi connectivity index (χ1n) is 9.56. The third-order valence-electron chi connectivity index (χ3n) is 4.59. The quantitative estimate of drug-likeness (QED) is 0.414. The van der Waals surface area contributed by atoms with Crippen molar-refractivity contribution >= 4 is 28.7 Å². The van der Waals surface area contributed by atoms with Crippen LogP contribution in [0.25, 0.3) is 11.2 Å². The summed E-state index contributed by atoms with van der Waals surface area (Å²) in [6.45, 7) is 3.91. The van der Waals surface area contributed by atoms with E-state index in [-0.39, 0.29) is 5.69 Å². The molecule has 28 heavy (non-hydrogen) atoms. The van der Waals surface area contributed by atoms with Gasteiger partial charge in [-0.2, -0.15) is 4.98 Å². The molecular weight excluding hydrogens is 378 g/mol. The Hall–Kier alpha value is -2.54. The summed E-state index contributed by atoms with van der Waals surface area (Å²) in [5.41, 5.74) is 2.25. The summed E-state index contributed by atoms with van der Waals surface area (Å²) < 4.78 is 8.61. The average molecular weight is 404 g/mol. The largest absolute Gasteiger partial charge is 0.497 e. The molecule has 0 atom stereocenters. The predicted octanol–water partition coefficient (Wildman–Crippen LogP) is 3.49. The van der Waals surface area contributed by atoms with Gasteiger partial charge in [0.15, 0.2) is 5.65 Å². The first-order valence-corrected chi connectivity index (χ1v) is 10.1. The zero-order valence-corrected chi connectivity index (χ0v) is 17.1. The molecule has 2 heterocycles. The van der Waals surface area contributed by atoms with Crippen LogP contribution in [0.1, 0.15) is 31.7 Å². The van der Waals surface area contributed by atoms with Crippen molar-refractivity contribution in [3.05, 3.63) is 46.5 Å². The molecule has 0 amide bonds. The summed E-state index contributed by atoms with van der Waals surface area (Å²) in [7, 11) is 1.63. The Morgan fingerprint density at radius 2 is 1.96 bits per heavy atom. The van der Waals surface area contributed by atoms with Crippen molar-refractivity contribution < 1.29 is 4.74 Å². The molecule has 3 aromatic rings. The number of anilines is 1. The number of ether oxygens (including phenoxy) is 1. The van der Waals surface area contributed by atoms with Crippen LogP contribution in [0, 0.1) is 0 Å². The van der Waals surface area contributed by atoms with E-state index in [0.29, 0.717) is 37.0 Å². The van der Waals surface area contributed by atoms with Crippen LogP contribution in [0.2, 0.25) is 0 Å². The number of aromatic nitrogens is 4. The lowest BCUT2D eigenvalue weighted by atomic mass is 10.2. The lowest BCUT2D eigenvalue weighted by molar-refractivity contribution is 0.414. The van der Waals surface area contributed by atoms with Gasteiger partial charge in [-0.05, 0) is 30.5 Å². The number of benzene rings is 1. The average Bonchev–Trinajstić information content (AvgIpc) is 2.98. The predicted molar refractivity (Wildman–Crippen MR) is 113 cm³/mol. The van der Waals surface area contributed by atoms with Crippen molar-refractivity contribution in [1.82, 2.24) is 19.1 Å². The lowest BCUT2D eigenvalue weighted by Gasteiger charge is -2.06. The second-order valence-corrected chi connectivity index (χ2v) is 6.97. The van der Waals surface area contributed by atoms with Gasteiger partial charge in [-0.1, -0.05) is 25.5 Å². The summed E-state index contributed by atoms with van der Waals surface area (Å²) in [6, 6.07) is 7.68. The zero-order chi connectivity index (χ0) is 19.9. The minimum Gasteiger partial charge on any atom is -0.497 e. The molecule has 1 aromatic carbocycles. The highest BCUT2D eigenvalue weighted by Gasteiger charge is 2.16. The molecule has 0 saturated heterocycles. The van der Waals surface area contributed by atoms with Crippen LogP contribution < -0.4 is 15.7 Å². The Balaban J connectivity index is 2.00. The number of nitrogens with one attached hydrogen (secondary N) is 1. The van der Waals surface area contributed by atoms with Gasteiger partial charge in [-0.15, -0.1) is 11.6 Å². The standard InChI is InChI=1S/C20H26ClN5O2/c1-3-4-11-22-19-23-13-17-18(24-19)26(20(27)25(17)12-5-10-21)14-15-6-8-16(28-2)9-7-15/h6-9,13H,3-5,10-12,14H2,1-2H3,(H,22,23,24). The third kappa shape index (κ3) is 4.47. The van der Waals surface area contributed by atoms with Gasteiger partial charge < -0.3 is 10.1 Å². The van der Waals surface area contributed by atoms with E-state index in [1.807, 2.05) is 24.3 Å². The van der Waals surface area contributed by atoms with Gasteiger partial charge in [0.1, 0.15) is 11.3 Å². The van der Waals surface area contributed by atoms with Crippen LogP contribution in [0.5, 0.6) is 5.75 Å². The van der Waals surface area contributed by atoms with Gasteiger partial charge in [0, 0.05) is 19.0 Å². The van der Waals surface area contributed by atoms with Crippen LogP contribution in [0.3, 0.4) is 0 Å². The number of rotatable bonds is 10. The van der Waals surface area contributed by atoms with Crippen molar-refractivity contribution in [1.29, 1.82) is 0 Å². The first kappa shape index (κ1) is 20.2. The third-order valence-corrected chi connectivity index (χ3v) is 4.85. The van der Waals surface area contributed by atoms with Gasteiger partial charge in [0.2, 0.25) is 5.95 Å². The number of halogens is 1. The number of aryl methyl sites for hydroxylation is 1. The summed E-state index contributed by atoms with van der Waals surface area (Å²) in [5, 5.41) is 3.23. The van der Waals surface area contributed by atoms with Gasteiger partial charge in [0.05, 0.1) is 19.9 Å². The molecule has 0 unspecified atom stereocenters. The van der Waals surface area contributed by atoms with E-state index in [0.717, 1.165) is 36.2 Å². The van der Waals surface area contributed by atoms with E-state index < -0.39 is 0 Å². The van der Waals surface area contributed by atoms with E-state index in [9.17, 15) is 4.79 Å². The Kier molecular flexibility index (Phi) is 6.92. The number of hydrogen-bond acceptors (Lipinski definition) is 5. The van der Waals surface area contributed by atoms with Crippen molar-refractivity contribution in [2.75, 3.05) is 24.9 Å². The fourth-order valence-corrected chi connectivity index (χ4v) is 3.17. The van der Waals surface area contributed by atoms with E-state index in [4.69, 9.17) is 16.3 Å². The smallest absolute Gasteiger partial charge is 0.330 e. The molecule has 7 nitrogen and oxygen atoms in total. The summed E-state index contributed by atoms with van der Waals surface area (Å²) >= 11 is 5.84. The molecule has 2 aromatic heterocycles. The van der Waals surface area contributed by atoms with Crippen LogP contribution in [-0.2, 0) is 13.1 Å². The number of alkyl halides is 1. The molecule has 8 heteroatoms. The highest BCUT2D eigenvalue weighted by atomic mass is 35.5. The molecule has 0 aliphatic carbocycles. The van der Waals surface area contributed by atoms with Crippen molar-refractivity contribution in [3.8, 4) is 5.75 Å². The maximum Gasteiger partial charge on any atom is 0.330 e. The van der Waals surface area contributed by atoms with Crippen molar-refractivity contribution in [2.45, 2.75) is 39.3 Å². The minimum atomic E-state index is -0.101. The zero-order valence-electron chi connectivity index (χ0n) is 16.3. The minimum absolute atomic E-state index is 0.101. The Morgan fingerprint density at radius 3 is 2.64 bits per heavy atom. The van der Waals surface area contributed by atoms with Crippen LogP contribution in [0.15, 0.2) is 35.3 Å². The van der Waals surface area contributed by atoms with Gasteiger partial charge in [-0.25, -0.2) is 9.78 Å². The Morgan fingerprint density at radius 1 is 1.18 bits per heavy atom. The van der Waals surface area contributed by atoms with Crippen molar-refractivity contribution in [3.63, 3.8) is 0 Å². The molecule has 150 valence electrons. The Bertz CT molecular complexity index is 965. The number of unbranched alkanes of at least 4 members (excludes halogenated alkanes) is 1. The van der Waals surface area contributed by atoms with Gasteiger partial charge in [0.25, 0.3) is 0 Å². The van der Waals surface area contributed by atoms with E-state index in [1.54, 1.807) is 22.4 Å². The highest BCUT2D eigenvalue weighted by Crippen LogP contribution is 2.17. The molecule has 3 rings (SSSR count). The molecule has 0 spiro atoms. The monoisotopic (exact) mass is 403 g/mol. The fourth-order valence-electron chi connectivity index (χ4n) is 3.05. The maximum absolute atomic E-state index is 13.1. The molecule has 1 N–H and O–H groups in total. The Labute approximate surface area is 169 Å². The summed E-state index contributed by atoms with van der Waals surface area (Å²) in [6.07, 6.45) is 4.55. The van der Waals surface area contributed by atoms with Gasteiger partial charge >= 0.3 is 5.69 Å². The molecule has 0 aliphatic heterocycles. The second kappa shape index (κ2) is 9.59. The SMILES string of the molecule is CCCCNc1ncc2c(n1)n(Cc1ccc(OC)cc1)c(=O)n2CCCCl. The van der Waals surface area contributed by atoms with E-state index >= 15 is 0 Å². The van der Waals surface area contributed by atoms with Crippen molar-refractivity contribution in [2.24, 2.45) is 0 Å². The molecule has 0 radical (unpaired) electrons. The van der Waals surface area contributed by atoms with Crippen LogP contribution in [-0.4, -0.2) is 38.6 Å². The second-order valence-electron chi connectivity index (χ2n) is 6.59. The fraction of sp³-hybridized carbons (Fsp3) is 0.450. The molecule has 0 saturated carbocycles. The van der Waals surface area contributed by atoms with E-state index in [2.05, 4.69) is 22.2 Å². The number of nitrogens with zero attached hydrogens (tertiary/aromatic N) is 4. The number of fused-ring (bicyclic) bond motifs is 1. The first-order chi connectivity index (χ1) is 13.7. The topological polar surface area (TPSA) is 74.0 Å². The lowest BCUT2D eigenvalue weighted by Crippen LogP contribution is -2.25. The molecular formula is C20H26ClN5O2. The number of imidazole rings is 1. The van der Waals surface area contributed by atoms with Gasteiger partial charge in [-0.3, -0.25) is 9.13 Å². The number of methoxy groups -OCH3 is 1. The molecule has 0 fully saturated rings. The summed E-state index contributed by atoms with van der Waals surface area (Å²) in [4.78, 5) is 22.1. The molecule has 0 aliphatic rings. The van der Waals surface area contributed by atoms with E-state index in [1.165, 1.54) is 0 Å². The van der Waals surface area contributed by atoms with Crippen LogP contribution >= 0.6 is 11.6 Å². The van der Waals surface area contributed by atoms with Crippen LogP contribution in [0.4, 0.5) is 5.95 Å². The highest BCUT2D eigenvalue weighted by molar-refractivity contribution is 6.17. The normalized spacial score (nSPS) is 11.1. The molecule has 0 bridgehead atoms. The summed E-state index contributed by atoms with van der Waals surface area (Å²) in [5.74, 6) is 1.82. The number of hydrogen-bond donors (Lipinski definition) is 1. The maximum atomic E-state index is 13.1.